The van der Waals surface area contributed by atoms with E-state index in [1.54, 1.807) is 0 Å². The topological polar surface area (TPSA) is 43.4 Å². The normalized spacial score (nSPS) is 29.1. The Morgan fingerprint density at radius 1 is 0.765 bits per heavy atom. The van der Waals surface area contributed by atoms with Gasteiger partial charge >= 0.3 is 11.9 Å². The van der Waals surface area contributed by atoms with Crippen LogP contribution in [0.1, 0.15) is 41.5 Å². The lowest BCUT2D eigenvalue weighted by molar-refractivity contribution is -0.153. The molecule has 0 aromatic heterocycles. The Balaban J connectivity index is 2.57. The van der Waals surface area contributed by atoms with E-state index in [4.69, 9.17) is 4.74 Å². The Kier molecular flexibility index (Phi) is 2.33. The Hall–Kier alpha value is -1.12. The summed E-state index contributed by atoms with van der Waals surface area (Å²) in [7, 11) is 0. The van der Waals surface area contributed by atoms with E-state index in [9.17, 15) is 9.59 Å². The highest BCUT2D eigenvalue weighted by Gasteiger charge is 2.60. The highest BCUT2D eigenvalue weighted by atomic mass is 16.6. The summed E-state index contributed by atoms with van der Waals surface area (Å²) in [5.74, 6) is -1.37. The Morgan fingerprint density at radius 3 is 1.29 bits per heavy atom. The lowest BCUT2D eigenvalue weighted by Gasteiger charge is -2.46. The molecule has 0 bridgehead atoms. The van der Waals surface area contributed by atoms with Crippen LogP contribution in [0.15, 0.2) is 11.1 Å². The van der Waals surface area contributed by atoms with Crippen molar-refractivity contribution in [3.63, 3.8) is 0 Å². The molecule has 1 saturated heterocycles. The Bertz CT molecular complexity index is 389. The van der Waals surface area contributed by atoms with Crippen LogP contribution in [-0.4, -0.2) is 11.9 Å². The molecule has 0 radical (unpaired) electrons. The maximum atomic E-state index is 11.7. The molecule has 0 N–H and O–H groups in total. The summed E-state index contributed by atoms with van der Waals surface area (Å²) >= 11 is 0. The monoisotopic (exact) mass is 236 g/mol. The van der Waals surface area contributed by atoms with E-state index in [0.29, 0.717) is 0 Å². The summed E-state index contributed by atoms with van der Waals surface area (Å²) < 4.78 is 4.78. The predicted octanol–water partition coefficient (Wildman–Crippen LogP) is 2.70. The molecule has 0 saturated carbocycles. The summed E-state index contributed by atoms with van der Waals surface area (Å²) in [6, 6.07) is 0. The minimum atomic E-state index is -0.363. The van der Waals surface area contributed by atoms with Crippen molar-refractivity contribution in [2.75, 3.05) is 0 Å². The molecule has 2 atom stereocenters. The SMILES string of the molecule is CC(C)(C)C1=C(C(C)(C)C)[C@@H]2C(=O)OC(=O)[C@H]12. The van der Waals surface area contributed by atoms with E-state index in [0.717, 1.165) is 11.1 Å². The van der Waals surface area contributed by atoms with E-state index in [1.165, 1.54) is 0 Å². The van der Waals surface area contributed by atoms with Crippen molar-refractivity contribution in [3.8, 4) is 0 Å². The van der Waals surface area contributed by atoms with E-state index in [1.807, 2.05) is 0 Å². The Morgan fingerprint density at radius 2 is 1.06 bits per heavy atom. The fraction of sp³-hybridized carbons (Fsp3) is 0.714. The van der Waals surface area contributed by atoms with Crippen LogP contribution in [0, 0.1) is 22.7 Å². The highest BCUT2D eigenvalue weighted by molar-refractivity contribution is 6.03. The van der Waals surface area contributed by atoms with Gasteiger partial charge in [-0.05, 0) is 22.0 Å². The molecular weight excluding hydrogens is 216 g/mol. The number of carbonyl (C=O) groups is 2. The number of carbonyl (C=O) groups excluding carboxylic acids is 2. The second-order valence-electron chi connectivity index (χ2n) is 7.02. The first-order chi connectivity index (χ1) is 7.55. The minimum absolute atomic E-state index is 0.0899. The molecule has 94 valence electrons. The second-order valence-corrected chi connectivity index (χ2v) is 7.02. The third-order valence-electron chi connectivity index (χ3n) is 3.57. The molecule has 0 aromatic carbocycles. The molecule has 3 heteroatoms. The van der Waals surface area contributed by atoms with Gasteiger partial charge in [-0.15, -0.1) is 0 Å². The van der Waals surface area contributed by atoms with Gasteiger partial charge in [0.2, 0.25) is 0 Å². The van der Waals surface area contributed by atoms with Crippen molar-refractivity contribution in [3.05, 3.63) is 11.1 Å². The van der Waals surface area contributed by atoms with Crippen molar-refractivity contribution in [2.24, 2.45) is 22.7 Å². The fourth-order valence-electron chi connectivity index (χ4n) is 3.05. The van der Waals surface area contributed by atoms with Gasteiger partial charge in [0.05, 0.1) is 11.8 Å². The van der Waals surface area contributed by atoms with Gasteiger partial charge in [-0.3, -0.25) is 9.59 Å². The van der Waals surface area contributed by atoms with Gasteiger partial charge < -0.3 is 4.74 Å². The third kappa shape index (κ3) is 1.63. The molecule has 0 amide bonds. The minimum Gasteiger partial charge on any atom is -0.392 e. The van der Waals surface area contributed by atoms with Crippen LogP contribution < -0.4 is 0 Å². The molecule has 0 aromatic rings. The van der Waals surface area contributed by atoms with Crippen LogP contribution in [0.4, 0.5) is 0 Å². The Labute approximate surface area is 102 Å². The van der Waals surface area contributed by atoms with Crippen molar-refractivity contribution in [2.45, 2.75) is 41.5 Å². The van der Waals surface area contributed by atoms with E-state index in [-0.39, 0.29) is 34.6 Å². The second kappa shape index (κ2) is 3.21. The average Bonchev–Trinajstić information content (AvgIpc) is 2.13. The van der Waals surface area contributed by atoms with E-state index >= 15 is 0 Å². The van der Waals surface area contributed by atoms with Gasteiger partial charge in [0.1, 0.15) is 0 Å². The molecule has 17 heavy (non-hydrogen) atoms. The van der Waals surface area contributed by atoms with Gasteiger partial charge in [-0.2, -0.15) is 0 Å². The molecular formula is C14H20O3. The van der Waals surface area contributed by atoms with Gasteiger partial charge in [-0.25, -0.2) is 0 Å². The smallest absolute Gasteiger partial charge is 0.321 e. The molecule has 1 fully saturated rings. The largest absolute Gasteiger partial charge is 0.392 e. The van der Waals surface area contributed by atoms with Crippen LogP contribution >= 0.6 is 0 Å². The van der Waals surface area contributed by atoms with Crippen molar-refractivity contribution < 1.29 is 14.3 Å². The van der Waals surface area contributed by atoms with Crippen LogP contribution in [0.3, 0.4) is 0 Å². The van der Waals surface area contributed by atoms with Crippen molar-refractivity contribution >= 4 is 11.9 Å². The van der Waals surface area contributed by atoms with Gasteiger partial charge in [0.25, 0.3) is 0 Å². The van der Waals surface area contributed by atoms with Crippen LogP contribution in [0.25, 0.3) is 0 Å². The van der Waals surface area contributed by atoms with Crippen LogP contribution in [0.5, 0.6) is 0 Å². The number of rotatable bonds is 0. The third-order valence-corrected chi connectivity index (χ3v) is 3.57. The molecule has 2 aliphatic rings. The quantitative estimate of drug-likeness (QED) is 0.369. The highest BCUT2D eigenvalue weighted by Crippen LogP contribution is 2.58. The maximum absolute atomic E-state index is 11.7. The first-order valence-corrected chi connectivity index (χ1v) is 6.05. The molecule has 1 heterocycles. The van der Waals surface area contributed by atoms with Gasteiger partial charge in [0.15, 0.2) is 0 Å². The lowest BCUT2D eigenvalue weighted by atomic mass is 9.55. The summed E-state index contributed by atoms with van der Waals surface area (Å²) in [5.41, 5.74) is 2.03. The van der Waals surface area contributed by atoms with Crippen molar-refractivity contribution in [1.29, 1.82) is 0 Å². The van der Waals surface area contributed by atoms with Crippen LogP contribution in [0.2, 0.25) is 0 Å². The summed E-state index contributed by atoms with van der Waals surface area (Å²) in [4.78, 5) is 23.4. The maximum Gasteiger partial charge on any atom is 0.321 e. The molecule has 3 nitrogen and oxygen atoms in total. The number of cyclic esters (lactones) is 2. The molecule has 0 unspecified atom stereocenters. The number of hydrogen-bond acceptors (Lipinski definition) is 3. The van der Waals surface area contributed by atoms with Crippen molar-refractivity contribution in [1.82, 2.24) is 0 Å². The number of ether oxygens (including phenoxy) is 1. The molecule has 1 aliphatic carbocycles. The van der Waals surface area contributed by atoms with E-state index < -0.39 is 0 Å². The first kappa shape index (κ1) is 12.3. The fourth-order valence-corrected chi connectivity index (χ4v) is 3.05. The standard InChI is InChI=1S/C14H20O3/c1-13(2,3)9-7-8(10(9)14(4,5)6)12(16)17-11(7)15/h7-8H,1-6H3/t7-,8+. The van der Waals surface area contributed by atoms with Crippen LogP contribution in [-0.2, 0) is 14.3 Å². The summed E-state index contributed by atoms with van der Waals surface area (Å²) in [5, 5.41) is 0. The number of fused-ring (bicyclic) bond motifs is 1. The average molecular weight is 236 g/mol. The zero-order valence-electron chi connectivity index (χ0n) is 11.4. The van der Waals surface area contributed by atoms with Gasteiger partial charge in [0, 0.05) is 0 Å². The lowest BCUT2D eigenvalue weighted by Crippen LogP contribution is -2.43. The summed E-state index contributed by atoms with van der Waals surface area (Å²) in [6.07, 6.45) is 0. The number of esters is 2. The van der Waals surface area contributed by atoms with E-state index in [2.05, 4.69) is 41.5 Å². The molecule has 0 spiro atoms. The van der Waals surface area contributed by atoms with Gasteiger partial charge in [-0.1, -0.05) is 41.5 Å². The molecule has 1 aliphatic heterocycles. The molecule has 2 rings (SSSR count). The first-order valence-electron chi connectivity index (χ1n) is 6.05. The number of hydrogen-bond donors (Lipinski definition) is 0. The predicted molar refractivity (Wildman–Crippen MR) is 64.0 cm³/mol. The summed E-state index contributed by atoms with van der Waals surface area (Å²) in [6.45, 7) is 12.5. The zero-order valence-corrected chi connectivity index (χ0v) is 11.4. The zero-order chi connectivity index (χ0) is 13.2.